The van der Waals surface area contributed by atoms with Crippen molar-refractivity contribution < 1.29 is 24.5 Å². The maximum Gasteiger partial charge on any atom is 0.305 e. The third kappa shape index (κ3) is 3.30. The molecule has 0 radical (unpaired) electrons. The van der Waals surface area contributed by atoms with E-state index in [1.165, 1.54) is 0 Å². The van der Waals surface area contributed by atoms with Crippen LogP contribution in [0.4, 0.5) is 0 Å². The van der Waals surface area contributed by atoms with E-state index in [1.807, 2.05) is 0 Å². The van der Waals surface area contributed by atoms with Gasteiger partial charge in [0.2, 0.25) is 0 Å². The predicted molar refractivity (Wildman–Crippen MR) is 42.9 cm³/mol. The molecule has 1 aliphatic heterocycles. The molecule has 0 bridgehead atoms. The first-order chi connectivity index (χ1) is 5.89. The molecule has 1 heterocycles. The first kappa shape index (κ1) is 10.4. The maximum atomic E-state index is 10.4. The largest absolute Gasteiger partial charge is 0.481 e. The van der Waals surface area contributed by atoms with Crippen LogP contribution >= 0.6 is 0 Å². The van der Waals surface area contributed by atoms with Gasteiger partial charge in [-0.2, -0.15) is 0 Å². The molecule has 0 unspecified atom stereocenters. The average Bonchev–Trinajstić information content (AvgIpc) is 1.78. The number of carboxylic acids is 1. The molecule has 2 N–H and O–H groups in total. The zero-order chi connectivity index (χ0) is 10.1. The molecule has 1 fully saturated rings. The van der Waals surface area contributed by atoms with E-state index in [9.17, 15) is 9.90 Å². The van der Waals surface area contributed by atoms with E-state index in [2.05, 4.69) is 0 Å². The Labute approximate surface area is 76.3 Å². The molecule has 5 heteroatoms. The van der Waals surface area contributed by atoms with E-state index >= 15 is 0 Å². The molecule has 1 rings (SSSR count). The van der Waals surface area contributed by atoms with Crippen molar-refractivity contribution in [3.8, 4) is 0 Å². The molecule has 0 aliphatic carbocycles. The standard InChI is InChI=1S/C8H14O5/c1-8(2)12-5(3-6(9)10)4-7(11)13-8/h5,7,11H,3-4H2,1-2H3,(H,9,10)/t5-,7-/m0/s1. The van der Waals surface area contributed by atoms with Crippen molar-refractivity contribution in [1.82, 2.24) is 0 Å². The van der Waals surface area contributed by atoms with E-state index in [0.717, 1.165) is 0 Å². The molecule has 0 spiro atoms. The second kappa shape index (κ2) is 3.61. The smallest absolute Gasteiger partial charge is 0.305 e. The summed E-state index contributed by atoms with van der Waals surface area (Å²) in [5.41, 5.74) is 0. The maximum absolute atomic E-state index is 10.4. The number of carbonyl (C=O) groups is 1. The van der Waals surface area contributed by atoms with E-state index < -0.39 is 24.2 Å². The van der Waals surface area contributed by atoms with Gasteiger partial charge in [-0.15, -0.1) is 0 Å². The minimum Gasteiger partial charge on any atom is -0.481 e. The number of aliphatic hydroxyl groups excluding tert-OH is 1. The second-order valence-electron chi connectivity index (χ2n) is 3.55. The summed E-state index contributed by atoms with van der Waals surface area (Å²) in [7, 11) is 0. The quantitative estimate of drug-likeness (QED) is 0.655. The van der Waals surface area contributed by atoms with E-state index in [0.29, 0.717) is 0 Å². The van der Waals surface area contributed by atoms with Gasteiger partial charge in [-0.25, -0.2) is 0 Å². The SMILES string of the molecule is CC1(C)O[C@@H](CC(=O)O)C[C@@H](O)O1. The summed E-state index contributed by atoms with van der Waals surface area (Å²) in [6.45, 7) is 3.29. The second-order valence-corrected chi connectivity index (χ2v) is 3.55. The van der Waals surface area contributed by atoms with E-state index in [4.69, 9.17) is 14.6 Å². The van der Waals surface area contributed by atoms with E-state index in [1.54, 1.807) is 13.8 Å². The minimum absolute atomic E-state index is 0.107. The van der Waals surface area contributed by atoms with Gasteiger partial charge in [0, 0.05) is 6.42 Å². The van der Waals surface area contributed by atoms with Gasteiger partial charge in [0.25, 0.3) is 0 Å². The Balaban J connectivity index is 2.52. The number of hydrogen-bond donors (Lipinski definition) is 2. The van der Waals surface area contributed by atoms with Gasteiger partial charge in [-0.1, -0.05) is 0 Å². The van der Waals surface area contributed by atoms with Crippen molar-refractivity contribution in [3.63, 3.8) is 0 Å². The van der Waals surface area contributed by atoms with Crippen LogP contribution in [-0.2, 0) is 14.3 Å². The molecule has 0 aromatic rings. The Morgan fingerprint density at radius 3 is 2.62 bits per heavy atom. The van der Waals surface area contributed by atoms with Crippen LogP contribution in [-0.4, -0.2) is 34.4 Å². The average molecular weight is 190 g/mol. The predicted octanol–water partition coefficient (Wildman–Crippen LogP) is 0.321. The lowest BCUT2D eigenvalue weighted by molar-refractivity contribution is -0.341. The molecule has 13 heavy (non-hydrogen) atoms. The van der Waals surface area contributed by atoms with Gasteiger partial charge in [0.1, 0.15) is 0 Å². The zero-order valence-electron chi connectivity index (χ0n) is 7.69. The number of carboxylic acid groups (broad SMARTS) is 1. The summed E-state index contributed by atoms with van der Waals surface area (Å²) in [4.78, 5) is 10.4. The molecular weight excluding hydrogens is 176 g/mol. The van der Waals surface area contributed by atoms with Gasteiger partial charge in [0.05, 0.1) is 12.5 Å². The summed E-state index contributed by atoms with van der Waals surface area (Å²) in [5.74, 6) is -1.84. The molecule has 0 aromatic heterocycles. The fourth-order valence-electron chi connectivity index (χ4n) is 1.40. The van der Waals surface area contributed by atoms with Gasteiger partial charge in [-0.3, -0.25) is 4.79 Å². The van der Waals surface area contributed by atoms with Crippen LogP contribution in [0.1, 0.15) is 26.7 Å². The zero-order valence-corrected chi connectivity index (χ0v) is 7.69. The third-order valence-electron chi connectivity index (χ3n) is 1.74. The monoisotopic (exact) mass is 190 g/mol. The molecule has 0 saturated carbocycles. The van der Waals surface area contributed by atoms with Crippen LogP contribution < -0.4 is 0 Å². The number of aliphatic carboxylic acids is 1. The molecule has 1 saturated heterocycles. The van der Waals surface area contributed by atoms with E-state index in [-0.39, 0.29) is 12.8 Å². The topological polar surface area (TPSA) is 76.0 Å². The van der Waals surface area contributed by atoms with Crippen LogP contribution in [0.2, 0.25) is 0 Å². The van der Waals surface area contributed by atoms with Crippen molar-refractivity contribution in [2.45, 2.75) is 44.9 Å². The Kier molecular flexibility index (Phi) is 2.90. The molecular formula is C8H14O5. The number of hydrogen-bond acceptors (Lipinski definition) is 4. The van der Waals surface area contributed by atoms with Crippen molar-refractivity contribution in [2.75, 3.05) is 0 Å². The summed E-state index contributed by atoms with van der Waals surface area (Å²) in [6, 6.07) is 0. The lowest BCUT2D eigenvalue weighted by Crippen LogP contribution is -2.45. The van der Waals surface area contributed by atoms with Crippen molar-refractivity contribution in [1.29, 1.82) is 0 Å². The highest BCUT2D eigenvalue weighted by atomic mass is 16.8. The third-order valence-corrected chi connectivity index (χ3v) is 1.74. The number of rotatable bonds is 2. The fourth-order valence-corrected chi connectivity index (χ4v) is 1.40. The van der Waals surface area contributed by atoms with Crippen molar-refractivity contribution in [3.05, 3.63) is 0 Å². The Bertz CT molecular complexity index is 201. The lowest BCUT2D eigenvalue weighted by Gasteiger charge is -2.38. The Hall–Kier alpha value is -0.650. The highest BCUT2D eigenvalue weighted by Crippen LogP contribution is 2.26. The molecule has 0 aromatic carbocycles. The summed E-state index contributed by atoms with van der Waals surface area (Å²) in [5, 5.41) is 17.8. The first-order valence-electron chi connectivity index (χ1n) is 4.14. The van der Waals surface area contributed by atoms with Crippen molar-refractivity contribution in [2.24, 2.45) is 0 Å². The Morgan fingerprint density at radius 1 is 1.54 bits per heavy atom. The highest BCUT2D eigenvalue weighted by Gasteiger charge is 2.35. The minimum atomic E-state index is -0.937. The highest BCUT2D eigenvalue weighted by molar-refractivity contribution is 5.67. The van der Waals surface area contributed by atoms with Gasteiger partial charge >= 0.3 is 5.97 Å². The van der Waals surface area contributed by atoms with Crippen LogP contribution in [0, 0.1) is 0 Å². The number of aliphatic hydroxyl groups is 1. The van der Waals surface area contributed by atoms with Crippen molar-refractivity contribution >= 4 is 5.97 Å². The van der Waals surface area contributed by atoms with Crippen LogP contribution in [0.5, 0.6) is 0 Å². The summed E-state index contributed by atoms with van der Waals surface area (Å²) in [6.07, 6.45) is -1.32. The Morgan fingerprint density at radius 2 is 2.15 bits per heavy atom. The summed E-state index contributed by atoms with van der Waals surface area (Å²) < 4.78 is 10.3. The molecule has 76 valence electrons. The van der Waals surface area contributed by atoms with Gasteiger partial charge in [0.15, 0.2) is 12.1 Å². The van der Waals surface area contributed by atoms with Gasteiger partial charge < -0.3 is 19.7 Å². The van der Waals surface area contributed by atoms with Gasteiger partial charge in [-0.05, 0) is 13.8 Å². The number of ether oxygens (including phenoxy) is 2. The molecule has 2 atom stereocenters. The summed E-state index contributed by atoms with van der Waals surface area (Å²) >= 11 is 0. The lowest BCUT2D eigenvalue weighted by atomic mass is 10.1. The normalized spacial score (nSPS) is 32.8. The molecule has 1 aliphatic rings. The molecule has 5 nitrogen and oxygen atoms in total. The first-order valence-corrected chi connectivity index (χ1v) is 4.14. The van der Waals surface area contributed by atoms with Crippen LogP contribution in [0.15, 0.2) is 0 Å². The fraction of sp³-hybridized carbons (Fsp3) is 0.875. The van der Waals surface area contributed by atoms with Crippen LogP contribution in [0.3, 0.4) is 0 Å². The molecule has 0 amide bonds. The van der Waals surface area contributed by atoms with Crippen LogP contribution in [0.25, 0.3) is 0 Å².